The zero-order chi connectivity index (χ0) is 23.4. The fourth-order valence-corrected chi connectivity index (χ4v) is 5.87. The number of carbonyl (C=O) groups excluding carboxylic acids is 1. The predicted octanol–water partition coefficient (Wildman–Crippen LogP) is 3.50. The van der Waals surface area contributed by atoms with E-state index in [1.165, 1.54) is 23.1 Å². The van der Waals surface area contributed by atoms with Crippen molar-refractivity contribution in [2.24, 2.45) is 0 Å². The molecule has 2 N–H and O–H groups in total. The van der Waals surface area contributed by atoms with Crippen LogP contribution in [-0.4, -0.2) is 64.4 Å². The lowest BCUT2D eigenvalue weighted by Gasteiger charge is -2.35. The number of thiophene rings is 1. The van der Waals surface area contributed by atoms with E-state index in [0.717, 1.165) is 35.6 Å². The summed E-state index contributed by atoms with van der Waals surface area (Å²) in [4.78, 5) is 35.9. The molecule has 0 spiro atoms. The summed E-state index contributed by atoms with van der Waals surface area (Å²) >= 11 is 2.94. The van der Waals surface area contributed by atoms with Crippen molar-refractivity contribution < 1.29 is 9.53 Å². The summed E-state index contributed by atoms with van der Waals surface area (Å²) in [6, 6.07) is 9.85. The van der Waals surface area contributed by atoms with Gasteiger partial charge < -0.3 is 15.0 Å². The molecule has 0 radical (unpaired) electrons. The maximum atomic E-state index is 12.8. The van der Waals surface area contributed by atoms with Crippen LogP contribution in [0.2, 0.25) is 0 Å². The fourth-order valence-electron chi connectivity index (χ4n) is 4.12. The molecule has 0 saturated carbocycles. The molecule has 1 aliphatic heterocycles. The van der Waals surface area contributed by atoms with Crippen LogP contribution in [0.25, 0.3) is 21.3 Å². The second-order valence-electron chi connectivity index (χ2n) is 8.47. The van der Waals surface area contributed by atoms with Gasteiger partial charge in [-0.05, 0) is 26.3 Å². The Kier molecular flexibility index (Phi) is 7.85. The average molecular weight is 487 g/mol. The van der Waals surface area contributed by atoms with Gasteiger partial charge in [0.2, 0.25) is 5.91 Å². The summed E-state index contributed by atoms with van der Waals surface area (Å²) < 4.78 is 5.75. The molecule has 1 aliphatic rings. The van der Waals surface area contributed by atoms with E-state index in [2.05, 4.69) is 34.0 Å². The average Bonchev–Trinajstić information content (AvgIpc) is 3.22. The van der Waals surface area contributed by atoms with Crippen molar-refractivity contribution in [3.05, 3.63) is 51.9 Å². The number of H-pyrrole nitrogens is 1. The minimum atomic E-state index is -0.239. The zero-order valence-corrected chi connectivity index (χ0v) is 20.8. The Morgan fingerprint density at radius 3 is 2.76 bits per heavy atom. The Hall–Kier alpha value is -2.20. The molecule has 176 valence electrons. The number of nitrogens with one attached hydrogen (secondary N) is 2. The van der Waals surface area contributed by atoms with Crippen LogP contribution in [0.3, 0.4) is 0 Å². The van der Waals surface area contributed by atoms with E-state index in [9.17, 15) is 9.59 Å². The summed E-state index contributed by atoms with van der Waals surface area (Å²) in [7, 11) is 0. The molecule has 1 amide bonds. The van der Waals surface area contributed by atoms with Gasteiger partial charge in [0.1, 0.15) is 10.7 Å². The first-order chi connectivity index (χ1) is 15.9. The van der Waals surface area contributed by atoms with Crippen LogP contribution in [0, 0.1) is 0 Å². The van der Waals surface area contributed by atoms with Crippen LogP contribution in [0.5, 0.6) is 0 Å². The Bertz CT molecular complexity index is 1140. The SMILES string of the molecule is C[C@@H]1CN(CCNC(=O)[C@@H](C)SCc2nc3scc(-c4ccccc4)c3c(=O)[nH]2)C[C@H](C)O1. The standard InChI is InChI=1S/C24H30N4O3S2/c1-15-11-28(12-16(2)31-15)10-9-25-22(29)17(3)32-14-20-26-23(30)21-19(13-33-24(21)27-20)18-7-5-4-6-8-18/h4-8,13,15-17H,9-12,14H2,1-3H3,(H,25,29)(H,26,27,30)/t15-,16+,17-/m1/s1. The third kappa shape index (κ3) is 6.03. The number of thioether (sulfide) groups is 1. The molecular weight excluding hydrogens is 456 g/mol. The molecule has 3 heterocycles. The van der Waals surface area contributed by atoms with Gasteiger partial charge >= 0.3 is 0 Å². The number of hydrogen-bond acceptors (Lipinski definition) is 7. The highest BCUT2D eigenvalue weighted by molar-refractivity contribution is 7.99. The fraction of sp³-hybridized carbons (Fsp3) is 0.458. The number of hydrogen-bond donors (Lipinski definition) is 2. The second kappa shape index (κ2) is 10.8. The van der Waals surface area contributed by atoms with E-state index in [1.807, 2.05) is 42.6 Å². The van der Waals surface area contributed by atoms with E-state index in [1.54, 1.807) is 0 Å². The summed E-state index contributed by atoms with van der Waals surface area (Å²) in [6.45, 7) is 9.24. The first-order valence-electron chi connectivity index (χ1n) is 11.2. The Morgan fingerprint density at radius 1 is 1.30 bits per heavy atom. The van der Waals surface area contributed by atoms with Crippen molar-refractivity contribution in [3.63, 3.8) is 0 Å². The van der Waals surface area contributed by atoms with Gasteiger partial charge in [-0.2, -0.15) is 0 Å². The molecule has 1 fully saturated rings. The Morgan fingerprint density at radius 2 is 2.03 bits per heavy atom. The molecule has 0 unspecified atom stereocenters. The molecule has 0 bridgehead atoms. The summed E-state index contributed by atoms with van der Waals surface area (Å²) in [5.41, 5.74) is 1.77. The van der Waals surface area contributed by atoms with Gasteiger partial charge in [0.05, 0.1) is 28.6 Å². The first-order valence-corrected chi connectivity index (χ1v) is 13.2. The highest BCUT2D eigenvalue weighted by Gasteiger charge is 2.22. The molecule has 4 rings (SSSR count). The van der Waals surface area contributed by atoms with Crippen LogP contribution >= 0.6 is 23.1 Å². The predicted molar refractivity (Wildman–Crippen MR) is 136 cm³/mol. The number of aromatic nitrogens is 2. The number of rotatable bonds is 8. The Balaban J connectivity index is 1.30. The van der Waals surface area contributed by atoms with E-state index in [-0.39, 0.29) is 28.9 Å². The van der Waals surface area contributed by atoms with Crippen LogP contribution in [0.15, 0.2) is 40.5 Å². The van der Waals surface area contributed by atoms with E-state index in [0.29, 0.717) is 23.5 Å². The minimum absolute atomic E-state index is 0.000249. The molecule has 3 aromatic rings. The zero-order valence-electron chi connectivity index (χ0n) is 19.2. The molecule has 1 saturated heterocycles. The van der Waals surface area contributed by atoms with E-state index < -0.39 is 0 Å². The van der Waals surface area contributed by atoms with Crippen LogP contribution in [-0.2, 0) is 15.3 Å². The monoisotopic (exact) mass is 486 g/mol. The largest absolute Gasteiger partial charge is 0.373 e. The highest BCUT2D eigenvalue weighted by atomic mass is 32.2. The normalized spacial score (nSPS) is 20.1. The van der Waals surface area contributed by atoms with Gasteiger partial charge in [-0.1, -0.05) is 30.3 Å². The van der Waals surface area contributed by atoms with E-state index >= 15 is 0 Å². The third-order valence-corrected chi connectivity index (χ3v) is 7.67. The maximum absolute atomic E-state index is 12.8. The van der Waals surface area contributed by atoms with Gasteiger partial charge in [0.25, 0.3) is 5.56 Å². The minimum Gasteiger partial charge on any atom is -0.373 e. The lowest BCUT2D eigenvalue weighted by atomic mass is 10.1. The highest BCUT2D eigenvalue weighted by Crippen LogP contribution is 2.30. The second-order valence-corrected chi connectivity index (χ2v) is 10.7. The molecule has 9 heteroatoms. The van der Waals surface area contributed by atoms with Gasteiger partial charge in [0.15, 0.2) is 0 Å². The molecule has 1 aromatic carbocycles. The van der Waals surface area contributed by atoms with Crippen molar-refractivity contribution >= 4 is 39.2 Å². The quantitative estimate of drug-likeness (QED) is 0.507. The van der Waals surface area contributed by atoms with Crippen molar-refractivity contribution in [3.8, 4) is 11.1 Å². The topological polar surface area (TPSA) is 87.3 Å². The Labute approximate surface area is 201 Å². The third-order valence-electron chi connectivity index (χ3n) is 5.64. The van der Waals surface area contributed by atoms with Crippen LogP contribution in [0.4, 0.5) is 0 Å². The molecule has 0 aliphatic carbocycles. The van der Waals surface area contributed by atoms with Crippen LogP contribution in [0.1, 0.15) is 26.6 Å². The molecular formula is C24H30N4O3S2. The lowest BCUT2D eigenvalue weighted by Crippen LogP contribution is -2.48. The van der Waals surface area contributed by atoms with Gasteiger partial charge in [-0.25, -0.2) is 4.98 Å². The van der Waals surface area contributed by atoms with Gasteiger partial charge in [0, 0.05) is 37.1 Å². The van der Waals surface area contributed by atoms with E-state index in [4.69, 9.17) is 4.74 Å². The lowest BCUT2D eigenvalue weighted by molar-refractivity contribution is -0.120. The number of carbonyl (C=O) groups is 1. The van der Waals surface area contributed by atoms with Crippen molar-refractivity contribution in [1.29, 1.82) is 0 Å². The maximum Gasteiger partial charge on any atom is 0.260 e. The van der Waals surface area contributed by atoms with Crippen LogP contribution < -0.4 is 10.9 Å². The number of aromatic amines is 1. The number of amides is 1. The number of ether oxygens (including phenoxy) is 1. The smallest absolute Gasteiger partial charge is 0.260 e. The molecule has 2 aromatic heterocycles. The first kappa shape index (κ1) is 23.9. The number of benzene rings is 1. The molecule has 7 nitrogen and oxygen atoms in total. The molecule has 33 heavy (non-hydrogen) atoms. The van der Waals surface area contributed by atoms with Crippen molar-refractivity contribution in [1.82, 2.24) is 20.2 Å². The van der Waals surface area contributed by atoms with Crippen molar-refractivity contribution in [2.75, 3.05) is 26.2 Å². The molecule has 3 atom stereocenters. The van der Waals surface area contributed by atoms with Gasteiger partial charge in [-0.3, -0.25) is 14.5 Å². The summed E-state index contributed by atoms with van der Waals surface area (Å²) in [5.74, 6) is 1.06. The summed E-state index contributed by atoms with van der Waals surface area (Å²) in [5, 5.41) is 5.39. The number of morpholine rings is 1. The number of fused-ring (bicyclic) bond motifs is 1. The number of nitrogens with zero attached hydrogens (tertiary/aromatic N) is 2. The van der Waals surface area contributed by atoms with Crippen molar-refractivity contribution in [2.45, 2.75) is 44.0 Å². The summed E-state index contributed by atoms with van der Waals surface area (Å²) in [6.07, 6.45) is 0.441. The van der Waals surface area contributed by atoms with Gasteiger partial charge in [-0.15, -0.1) is 23.1 Å².